The number of nitrogens with zero attached hydrogens (tertiary/aromatic N) is 1. The molecule has 5 nitrogen and oxygen atoms in total. The smallest absolute Gasteiger partial charge is 0.411 e. The van der Waals surface area contributed by atoms with Gasteiger partial charge >= 0.3 is 6.09 Å². The van der Waals surface area contributed by atoms with Crippen molar-refractivity contribution < 1.29 is 18.7 Å². The molecule has 1 unspecified atom stereocenters. The molecule has 1 aliphatic heterocycles. The number of carbonyl (C=O) groups excluding carboxylic acids is 2. The van der Waals surface area contributed by atoms with Crippen LogP contribution in [0.1, 0.15) is 34.1 Å². The van der Waals surface area contributed by atoms with Crippen LogP contribution in [0.2, 0.25) is 0 Å². The maximum absolute atomic E-state index is 13.2. The summed E-state index contributed by atoms with van der Waals surface area (Å²) in [6.45, 7) is 6.50. The van der Waals surface area contributed by atoms with Crippen molar-refractivity contribution in [3.05, 3.63) is 0 Å². The zero-order chi connectivity index (χ0) is 14.5. The molecule has 2 atom stereocenters. The van der Waals surface area contributed by atoms with Gasteiger partial charge in [-0.15, -0.1) is 0 Å². The summed E-state index contributed by atoms with van der Waals surface area (Å²) in [7, 11) is 1.50. The molecule has 0 radical (unpaired) electrons. The van der Waals surface area contributed by atoms with Crippen LogP contribution in [0, 0.1) is 0 Å². The Hall–Kier alpha value is -1.17. The van der Waals surface area contributed by atoms with Crippen LogP contribution in [-0.4, -0.2) is 48.2 Å². The van der Waals surface area contributed by atoms with Gasteiger partial charge in [-0.25, -0.2) is 9.18 Å². The van der Waals surface area contributed by atoms with E-state index >= 15 is 0 Å². The zero-order valence-electron chi connectivity index (χ0n) is 11.7. The van der Waals surface area contributed by atoms with Gasteiger partial charge in [-0.2, -0.15) is 0 Å². The number of hydrogen-bond acceptors (Lipinski definition) is 4. The molecule has 0 saturated carbocycles. The summed E-state index contributed by atoms with van der Waals surface area (Å²) in [6, 6.07) is -0.676. The van der Waals surface area contributed by atoms with Crippen molar-refractivity contribution in [2.24, 2.45) is 5.73 Å². The maximum atomic E-state index is 13.2. The molecule has 0 spiro atoms. The number of likely N-dealkylation sites (tertiary alicyclic amines) is 1. The van der Waals surface area contributed by atoms with E-state index in [1.54, 1.807) is 20.8 Å². The number of carbonyl (C=O) groups is 2. The van der Waals surface area contributed by atoms with Gasteiger partial charge in [0.15, 0.2) is 5.78 Å². The molecule has 0 aromatic carbocycles. The maximum Gasteiger partial charge on any atom is 0.411 e. The minimum absolute atomic E-state index is 0.0564. The largest absolute Gasteiger partial charge is 0.444 e. The summed E-state index contributed by atoms with van der Waals surface area (Å²) in [5.74, 6) is -0.203. The number of nitrogens with two attached hydrogens (primary N) is 1. The molecule has 106 valence electrons. The minimum atomic E-state index is -1.14. The van der Waals surface area contributed by atoms with Crippen LogP contribution < -0.4 is 5.73 Å². The quantitative estimate of drug-likeness (QED) is 0.777. The monoisotopic (exact) mass is 262 g/mol. The summed E-state index contributed by atoms with van der Waals surface area (Å²) >= 11 is 0. The molecule has 1 fully saturated rings. The van der Waals surface area contributed by atoms with Gasteiger partial charge in [-0.3, -0.25) is 9.69 Å². The van der Waals surface area contributed by atoms with E-state index in [0.29, 0.717) is 0 Å². The molecule has 2 N–H and O–H groups in total. The predicted molar refractivity (Wildman–Crippen MR) is 67.0 cm³/mol. The second-order valence-electron chi connectivity index (χ2n) is 5.09. The predicted octanol–water partition coefficient (Wildman–Crippen LogP) is 1.50. The normalized spacial score (nSPS) is 23.2. The molecular formula is C12H23FN2O3. The Bertz CT molecular complexity index is 302. The second-order valence-corrected chi connectivity index (χ2v) is 5.09. The first-order chi connectivity index (χ1) is 8.20. The van der Waals surface area contributed by atoms with E-state index in [2.05, 4.69) is 5.73 Å². The molecule has 0 bridgehead atoms. The Balaban J connectivity index is 0.00000137. The average Bonchev–Trinajstić information content (AvgIpc) is 2.61. The first-order valence-electron chi connectivity index (χ1n) is 5.92. The average molecular weight is 262 g/mol. The third-order valence-corrected chi connectivity index (χ3v) is 2.35. The SMILES string of the molecule is CC(=O)C1C[C@H](F)CN1C(=O)OC(C)(C)C.CN. The molecule has 0 aromatic rings. The number of alkyl halides is 1. The Kier molecular flexibility index (Phi) is 6.25. The van der Waals surface area contributed by atoms with E-state index in [9.17, 15) is 14.0 Å². The highest BCUT2D eigenvalue weighted by atomic mass is 19.1. The molecule has 1 rings (SSSR count). The Labute approximate surface area is 107 Å². The number of Topliss-reactive ketones (excluding diaryl/α,β-unsaturated/α-hetero) is 1. The lowest BCUT2D eigenvalue weighted by atomic mass is 10.1. The van der Waals surface area contributed by atoms with Gasteiger partial charge in [0.05, 0.1) is 12.6 Å². The van der Waals surface area contributed by atoms with Crippen molar-refractivity contribution in [2.45, 2.75) is 51.9 Å². The van der Waals surface area contributed by atoms with Crippen LogP contribution in [0.15, 0.2) is 0 Å². The van der Waals surface area contributed by atoms with Crippen LogP contribution in [-0.2, 0) is 9.53 Å². The topological polar surface area (TPSA) is 72.6 Å². The van der Waals surface area contributed by atoms with Crippen molar-refractivity contribution in [3.8, 4) is 0 Å². The molecule has 0 aromatic heterocycles. The molecule has 0 aliphatic carbocycles. The number of rotatable bonds is 1. The van der Waals surface area contributed by atoms with E-state index in [0.717, 1.165) is 0 Å². The lowest BCUT2D eigenvalue weighted by Gasteiger charge is -2.27. The van der Waals surface area contributed by atoms with Crippen LogP contribution in [0.25, 0.3) is 0 Å². The Morgan fingerprint density at radius 1 is 1.33 bits per heavy atom. The highest BCUT2D eigenvalue weighted by Crippen LogP contribution is 2.23. The van der Waals surface area contributed by atoms with E-state index in [4.69, 9.17) is 4.74 Å². The molecule has 1 heterocycles. The van der Waals surface area contributed by atoms with Crippen molar-refractivity contribution in [2.75, 3.05) is 13.6 Å². The number of ketones is 1. The highest BCUT2D eigenvalue weighted by molar-refractivity contribution is 5.86. The zero-order valence-corrected chi connectivity index (χ0v) is 11.7. The van der Waals surface area contributed by atoms with E-state index in [-0.39, 0.29) is 18.7 Å². The lowest BCUT2D eigenvalue weighted by Crippen LogP contribution is -2.42. The lowest BCUT2D eigenvalue weighted by molar-refractivity contribution is -0.121. The number of halogens is 1. The van der Waals surface area contributed by atoms with Crippen molar-refractivity contribution in [3.63, 3.8) is 0 Å². The molecule has 6 heteroatoms. The molecule has 1 aliphatic rings. The summed E-state index contributed by atoms with van der Waals surface area (Å²) < 4.78 is 18.3. The van der Waals surface area contributed by atoms with E-state index < -0.39 is 23.9 Å². The van der Waals surface area contributed by atoms with Crippen LogP contribution in [0.4, 0.5) is 9.18 Å². The molecule has 1 amide bonds. The van der Waals surface area contributed by atoms with Gasteiger partial charge in [0.1, 0.15) is 11.8 Å². The minimum Gasteiger partial charge on any atom is -0.444 e. The van der Waals surface area contributed by atoms with E-state index in [1.165, 1.54) is 18.9 Å². The Morgan fingerprint density at radius 2 is 1.83 bits per heavy atom. The number of ether oxygens (including phenoxy) is 1. The van der Waals surface area contributed by atoms with Gasteiger partial charge in [0.2, 0.25) is 0 Å². The molecular weight excluding hydrogens is 239 g/mol. The summed E-state index contributed by atoms with van der Waals surface area (Å²) in [5.41, 5.74) is 3.87. The van der Waals surface area contributed by atoms with Gasteiger partial charge in [-0.05, 0) is 34.7 Å². The van der Waals surface area contributed by atoms with Gasteiger partial charge in [0, 0.05) is 6.42 Å². The third-order valence-electron chi connectivity index (χ3n) is 2.35. The van der Waals surface area contributed by atoms with Crippen molar-refractivity contribution in [1.29, 1.82) is 0 Å². The van der Waals surface area contributed by atoms with Crippen LogP contribution in [0.5, 0.6) is 0 Å². The first-order valence-corrected chi connectivity index (χ1v) is 5.92. The van der Waals surface area contributed by atoms with Crippen LogP contribution in [0.3, 0.4) is 0 Å². The second kappa shape index (κ2) is 6.68. The van der Waals surface area contributed by atoms with Crippen molar-refractivity contribution >= 4 is 11.9 Å². The summed E-state index contributed by atoms with van der Waals surface area (Å²) in [6.07, 6.45) is -1.68. The van der Waals surface area contributed by atoms with Crippen molar-refractivity contribution in [1.82, 2.24) is 4.90 Å². The Morgan fingerprint density at radius 3 is 2.22 bits per heavy atom. The number of amides is 1. The summed E-state index contributed by atoms with van der Waals surface area (Å²) in [5, 5.41) is 0. The van der Waals surface area contributed by atoms with Gasteiger partial charge < -0.3 is 10.5 Å². The van der Waals surface area contributed by atoms with Gasteiger partial charge in [-0.1, -0.05) is 0 Å². The number of hydrogen-bond donors (Lipinski definition) is 1. The van der Waals surface area contributed by atoms with Crippen LogP contribution >= 0.6 is 0 Å². The highest BCUT2D eigenvalue weighted by Gasteiger charge is 2.39. The fourth-order valence-electron chi connectivity index (χ4n) is 1.69. The third kappa shape index (κ3) is 5.00. The summed E-state index contributed by atoms with van der Waals surface area (Å²) in [4.78, 5) is 24.1. The molecule has 18 heavy (non-hydrogen) atoms. The van der Waals surface area contributed by atoms with Gasteiger partial charge in [0.25, 0.3) is 0 Å². The fraction of sp³-hybridized carbons (Fsp3) is 0.833. The fourth-order valence-corrected chi connectivity index (χ4v) is 1.69. The first kappa shape index (κ1) is 16.8. The molecule has 1 saturated heterocycles. The van der Waals surface area contributed by atoms with E-state index in [1.807, 2.05) is 0 Å². The standard InChI is InChI=1S/C11H18FNO3.CH5N/c1-7(14)9-5-8(12)6-13(9)10(15)16-11(2,3)4;1-2/h8-9H,5-6H2,1-4H3;2H2,1H3/t8-,9?;/m0./s1.